The molecule has 4 aliphatic carbocycles. The molecule has 146 valence electrons. The van der Waals surface area contributed by atoms with Crippen molar-refractivity contribution in [1.29, 1.82) is 0 Å². The van der Waals surface area contributed by atoms with Crippen LogP contribution < -0.4 is 4.74 Å². The SMILES string of the molecule is CCC12CC3CC(O)(C1)CC(C(=O)N1CCc4cc(OC)ccc4C1)(C3)C2. The lowest BCUT2D eigenvalue weighted by atomic mass is 9.42. The summed E-state index contributed by atoms with van der Waals surface area (Å²) in [5.74, 6) is 1.72. The van der Waals surface area contributed by atoms with Crippen molar-refractivity contribution in [2.45, 2.75) is 70.4 Å². The summed E-state index contributed by atoms with van der Waals surface area (Å²) in [5, 5.41) is 11.2. The molecule has 4 nitrogen and oxygen atoms in total. The molecule has 1 aromatic carbocycles. The third-order valence-electron chi connectivity index (χ3n) is 8.07. The number of benzene rings is 1. The van der Waals surface area contributed by atoms with E-state index in [9.17, 15) is 9.90 Å². The Morgan fingerprint density at radius 3 is 2.81 bits per heavy atom. The van der Waals surface area contributed by atoms with E-state index in [2.05, 4.69) is 24.0 Å². The van der Waals surface area contributed by atoms with Gasteiger partial charge in [0.05, 0.1) is 18.1 Å². The van der Waals surface area contributed by atoms with E-state index in [0.29, 0.717) is 24.8 Å². The summed E-state index contributed by atoms with van der Waals surface area (Å²) in [5.41, 5.74) is 1.79. The highest BCUT2D eigenvalue weighted by Gasteiger charge is 2.65. The Morgan fingerprint density at radius 2 is 2.07 bits per heavy atom. The third kappa shape index (κ3) is 2.63. The third-order valence-corrected chi connectivity index (χ3v) is 8.07. The van der Waals surface area contributed by atoms with Gasteiger partial charge in [0.1, 0.15) is 5.75 Å². The molecule has 4 saturated carbocycles. The standard InChI is InChI=1S/C23H31NO3/c1-3-21-9-16-10-22(13-21,15-23(26,11-16)14-21)20(25)24-7-6-17-8-19(27-2)5-4-18(17)12-24/h4-5,8,16,26H,3,6-7,9-15H2,1-2H3. The van der Waals surface area contributed by atoms with Gasteiger partial charge in [-0.2, -0.15) is 0 Å². The second-order valence-electron chi connectivity index (χ2n) is 9.98. The van der Waals surface area contributed by atoms with Crippen LogP contribution >= 0.6 is 0 Å². The average molecular weight is 370 g/mol. The number of amides is 1. The molecule has 1 aromatic rings. The van der Waals surface area contributed by atoms with Gasteiger partial charge in [0, 0.05) is 13.1 Å². The van der Waals surface area contributed by atoms with Crippen molar-refractivity contribution in [2.75, 3.05) is 13.7 Å². The first-order valence-corrected chi connectivity index (χ1v) is 10.6. The molecule has 0 radical (unpaired) electrons. The number of nitrogens with zero attached hydrogens (tertiary/aromatic N) is 1. The van der Waals surface area contributed by atoms with E-state index < -0.39 is 5.60 Å². The van der Waals surface area contributed by atoms with Gasteiger partial charge in [-0.05, 0) is 79.5 Å². The highest BCUT2D eigenvalue weighted by molar-refractivity contribution is 5.84. The number of carbonyl (C=O) groups is 1. The number of hydrogen-bond donors (Lipinski definition) is 1. The number of ether oxygens (including phenoxy) is 1. The Morgan fingerprint density at radius 1 is 1.22 bits per heavy atom. The van der Waals surface area contributed by atoms with Gasteiger partial charge >= 0.3 is 0 Å². The minimum absolute atomic E-state index is 0.185. The van der Waals surface area contributed by atoms with Gasteiger partial charge in [0.15, 0.2) is 0 Å². The number of fused-ring (bicyclic) bond motifs is 1. The molecule has 4 atom stereocenters. The van der Waals surface area contributed by atoms with Crippen LogP contribution in [0.15, 0.2) is 18.2 Å². The van der Waals surface area contributed by atoms with Gasteiger partial charge in [-0.1, -0.05) is 19.4 Å². The summed E-state index contributed by atoms with van der Waals surface area (Å²) in [7, 11) is 1.70. The maximum Gasteiger partial charge on any atom is 0.229 e. The van der Waals surface area contributed by atoms with Crippen molar-refractivity contribution >= 4 is 5.91 Å². The summed E-state index contributed by atoms with van der Waals surface area (Å²) in [6.45, 7) is 3.73. The largest absolute Gasteiger partial charge is 0.497 e. The Kier molecular flexibility index (Phi) is 3.72. The van der Waals surface area contributed by atoms with Crippen LogP contribution in [-0.4, -0.2) is 35.2 Å². The lowest BCUT2D eigenvalue weighted by Gasteiger charge is -2.65. The predicted molar refractivity (Wildman–Crippen MR) is 103 cm³/mol. The first kappa shape index (κ1) is 17.5. The summed E-state index contributed by atoms with van der Waals surface area (Å²) in [6.07, 6.45) is 7.66. The topological polar surface area (TPSA) is 49.8 Å². The van der Waals surface area contributed by atoms with Crippen molar-refractivity contribution in [1.82, 2.24) is 4.90 Å². The smallest absolute Gasteiger partial charge is 0.229 e. The molecular formula is C23H31NO3. The number of carbonyl (C=O) groups excluding carboxylic acids is 1. The number of hydrogen-bond acceptors (Lipinski definition) is 3. The molecule has 27 heavy (non-hydrogen) atoms. The molecule has 5 aliphatic rings. The first-order valence-electron chi connectivity index (χ1n) is 10.6. The zero-order chi connectivity index (χ0) is 18.9. The van der Waals surface area contributed by atoms with Crippen LogP contribution in [0, 0.1) is 16.7 Å². The monoisotopic (exact) mass is 369 g/mol. The molecular weight excluding hydrogens is 338 g/mol. The van der Waals surface area contributed by atoms with Gasteiger partial charge < -0.3 is 14.7 Å². The maximum atomic E-state index is 13.8. The summed E-state index contributed by atoms with van der Waals surface area (Å²) >= 11 is 0. The lowest BCUT2D eigenvalue weighted by Crippen LogP contribution is -2.64. The first-order chi connectivity index (χ1) is 12.9. The van der Waals surface area contributed by atoms with E-state index in [4.69, 9.17) is 4.74 Å². The fraction of sp³-hybridized carbons (Fsp3) is 0.696. The molecule has 4 fully saturated rings. The predicted octanol–water partition coefficient (Wildman–Crippen LogP) is 3.69. The number of rotatable bonds is 3. The summed E-state index contributed by atoms with van der Waals surface area (Å²) < 4.78 is 5.35. The van der Waals surface area contributed by atoms with E-state index in [1.807, 2.05) is 6.07 Å². The van der Waals surface area contributed by atoms with Crippen LogP contribution in [0.5, 0.6) is 5.75 Å². The van der Waals surface area contributed by atoms with Gasteiger partial charge in [0.2, 0.25) is 5.91 Å². The molecule has 4 bridgehead atoms. The van der Waals surface area contributed by atoms with Crippen LogP contribution in [0.2, 0.25) is 0 Å². The number of aliphatic hydroxyl groups is 1. The molecule has 0 aromatic heterocycles. The van der Waals surface area contributed by atoms with Crippen LogP contribution in [0.25, 0.3) is 0 Å². The van der Waals surface area contributed by atoms with Gasteiger partial charge in [-0.25, -0.2) is 0 Å². The lowest BCUT2D eigenvalue weighted by molar-refractivity contribution is -0.210. The Balaban J connectivity index is 1.42. The van der Waals surface area contributed by atoms with E-state index in [0.717, 1.165) is 50.8 Å². The number of methoxy groups -OCH3 is 1. The Hall–Kier alpha value is -1.55. The normalized spacial score (nSPS) is 39.4. The fourth-order valence-corrected chi connectivity index (χ4v) is 7.38. The van der Waals surface area contributed by atoms with Crippen molar-refractivity contribution in [2.24, 2.45) is 16.7 Å². The molecule has 1 aliphatic heterocycles. The fourth-order valence-electron chi connectivity index (χ4n) is 7.38. The minimum Gasteiger partial charge on any atom is -0.497 e. The molecule has 0 spiro atoms. The quantitative estimate of drug-likeness (QED) is 0.884. The zero-order valence-electron chi connectivity index (χ0n) is 16.6. The second-order valence-corrected chi connectivity index (χ2v) is 9.98. The van der Waals surface area contributed by atoms with E-state index >= 15 is 0 Å². The van der Waals surface area contributed by atoms with Crippen LogP contribution in [0.3, 0.4) is 0 Å². The van der Waals surface area contributed by atoms with E-state index in [-0.39, 0.29) is 10.8 Å². The highest BCUT2D eigenvalue weighted by atomic mass is 16.5. The van der Waals surface area contributed by atoms with Crippen LogP contribution in [-0.2, 0) is 17.8 Å². The second kappa shape index (κ2) is 5.73. The van der Waals surface area contributed by atoms with Gasteiger partial charge in [-0.3, -0.25) is 4.79 Å². The van der Waals surface area contributed by atoms with E-state index in [1.54, 1.807) is 7.11 Å². The van der Waals surface area contributed by atoms with Crippen molar-refractivity contribution in [3.8, 4) is 5.75 Å². The molecule has 1 N–H and O–H groups in total. The van der Waals surface area contributed by atoms with Gasteiger partial charge in [-0.15, -0.1) is 0 Å². The van der Waals surface area contributed by atoms with Crippen LogP contribution in [0.4, 0.5) is 0 Å². The summed E-state index contributed by atoms with van der Waals surface area (Å²) in [4.78, 5) is 15.9. The molecule has 6 rings (SSSR count). The minimum atomic E-state index is -0.605. The molecule has 4 unspecified atom stereocenters. The molecule has 0 saturated heterocycles. The average Bonchev–Trinajstić information content (AvgIpc) is 2.64. The highest BCUT2D eigenvalue weighted by Crippen LogP contribution is 2.68. The maximum absolute atomic E-state index is 13.8. The van der Waals surface area contributed by atoms with Crippen molar-refractivity contribution in [3.05, 3.63) is 29.3 Å². The molecule has 1 amide bonds. The Bertz CT molecular complexity index is 792. The molecule has 1 heterocycles. The van der Waals surface area contributed by atoms with Crippen molar-refractivity contribution < 1.29 is 14.6 Å². The Labute approximate surface area is 161 Å². The summed E-state index contributed by atoms with van der Waals surface area (Å²) in [6, 6.07) is 6.21. The van der Waals surface area contributed by atoms with E-state index in [1.165, 1.54) is 17.5 Å². The molecule has 4 heteroatoms. The van der Waals surface area contributed by atoms with Crippen molar-refractivity contribution in [3.63, 3.8) is 0 Å². The zero-order valence-corrected chi connectivity index (χ0v) is 16.6. The van der Waals surface area contributed by atoms with Crippen LogP contribution in [0.1, 0.15) is 63.0 Å². The van der Waals surface area contributed by atoms with Gasteiger partial charge in [0.25, 0.3) is 0 Å².